The number of aromatic nitrogens is 1. The fraction of sp³-hybridized carbons (Fsp3) is 0.240. The summed E-state index contributed by atoms with van der Waals surface area (Å²) in [6, 6.07) is 12.4. The Hall–Kier alpha value is -3.49. The van der Waals surface area contributed by atoms with Crippen molar-refractivity contribution >= 4 is 34.9 Å². The molecule has 184 valence electrons. The molecular formula is C25H24Cl2N2O6. The van der Waals surface area contributed by atoms with Crippen LogP contribution in [-0.4, -0.2) is 50.7 Å². The number of para-hydroxylation sites is 1. The number of methoxy groups -OCH3 is 2. The predicted molar refractivity (Wildman–Crippen MR) is 132 cm³/mol. The molecule has 3 aromatic rings. The minimum absolute atomic E-state index is 0.0776. The Labute approximate surface area is 213 Å². The molecule has 0 spiro atoms. The van der Waals surface area contributed by atoms with Gasteiger partial charge in [-0.15, -0.1) is 0 Å². The zero-order valence-electron chi connectivity index (χ0n) is 19.2. The van der Waals surface area contributed by atoms with Crippen LogP contribution >= 0.6 is 23.2 Å². The van der Waals surface area contributed by atoms with Crippen molar-refractivity contribution in [1.82, 2.24) is 10.3 Å². The van der Waals surface area contributed by atoms with Crippen LogP contribution < -0.4 is 24.3 Å². The first-order valence-electron chi connectivity index (χ1n) is 10.6. The van der Waals surface area contributed by atoms with Gasteiger partial charge in [-0.1, -0.05) is 41.4 Å². The molecule has 8 nitrogen and oxygen atoms in total. The average molecular weight is 519 g/mol. The van der Waals surface area contributed by atoms with Crippen LogP contribution in [0.5, 0.6) is 23.0 Å². The van der Waals surface area contributed by atoms with Gasteiger partial charge in [0.05, 0.1) is 36.4 Å². The Morgan fingerprint density at radius 2 is 1.63 bits per heavy atom. The highest BCUT2D eigenvalue weighted by Gasteiger charge is 2.23. The molecule has 1 N–H and O–H groups in total. The van der Waals surface area contributed by atoms with Gasteiger partial charge in [0.15, 0.2) is 23.9 Å². The molecule has 0 bridgehead atoms. The van der Waals surface area contributed by atoms with Crippen LogP contribution in [0.4, 0.5) is 0 Å². The number of benzene rings is 2. The molecule has 0 saturated heterocycles. The number of hydrogen-bond donors (Lipinski definition) is 1. The highest BCUT2D eigenvalue weighted by atomic mass is 35.5. The van der Waals surface area contributed by atoms with Crippen LogP contribution in [0.1, 0.15) is 15.9 Å². The van der Waals surface area contributed by atoms with Crippen molar-refractivity contribution in [2.75, 3.05) is 34.0 Å². The summed E-state index contributed by atoms with van der Waals surface area (Å²) in [6.45, 7) is 0.207. The van der Waals surface area contributed by atoms with Gasteiger partial charge in [0, 0.05) is 24.4 Å². The summed E-state index contributed by atoms with van der Waals surface area (Å²) >= 11 is 12.3. The summed E-state index contributed by atoms with van der Waals surface area (Å²) < 4.78 is 22.0. The first-order valence-corrected chi connectivity index (χ1v) is 11.3. The Morgan fingerprint density at radius 1 is 0.914 bits per heavy atom. The van der Waals surface area contributed by atoms with E-state index in [1.807, 2.05) is 30.3 Å². The lowest BCUT2D eigenvalue weighted by Gasteiger charge is -2.17. The number of rotatable bonds is 12. The van der Waals surface area contributed by atoms with Crippen molar-refractivity contribution in [3.05, 3.63) is 76.0 Å². The zero-order chi connectivity index (χ0) is 25.2. The third-order valence-electron chi connectivity index (χ3n) is 4.87. The van der Waals surface area contributed by atoms with Crippen molar-refractivity contribution in [2.45, 2.75) is 6.42 Å². The summed E-state index contributed by atoms with van der Waals surface area (Å²) in [5.74, 6) is 0.574. The number of amides is 1. The minimum atomic E-state index is -0.398. The van der Waals surface area contributed by atoms with Crippen molar-refractivity contribution < 1.29 is 28.5 Å². The van der Waals surface area contributed by atoms with Gasteiger partial charge in [0.1, 0.15) is 12.4 Å². The van der Waals surface area contributed by atoms with Crippen LogP contribution in [0.25, 0.3) is 0 Å². The fourth-order valence-corrected chi connectivity index (χ4v) is 3.69. The number of carbonyl (C=O) groups excluding carboxylic acids is 2. The number of carbonyl (C=O) groups is 2. The van der Waals surface area contributed by atoms with Crippen molar-refractivity contribution in [2.24, 2.45) is 0 Å². The summed E-state index contributed by atoms with van der Waals surface area (Å²) in [5, 5.41) is 3.24. The fourth-order valence-electron chi connectivity index (χ4n) is 3.19. The second-order valence-electron chi connectivity index (χ2n) is 7.16. The molecule has 0 saturated carbocycles. The summed E-state index contributed by atoms with van der Waals surface area (Å²) in [6.07, 6.45) is 2.72. The predicted octanol–water partition coefficient (Wildman–Crippen LogP) is 4.41. The molecule has 0 atom stereocenters. The van der Waals surface area contributed by atoms with Crippen LogP contribution in [0.3, 0.4) is 0 Å². The van der Waals surface area contributed by atoms with Crippen molar-refractivity contribution in [3.8, 4) is 23.0 Å². The third kappa shape index (κ3) is 7.00. The Balaban J connectivity index is 1.69. The largest absolute Gasteiger partial charge is 0.493 e. The average Bonchev–Trinajstić information content (AvgIpc) is 2.87. The number of Topliss-reactive ketones (excluding diaryl/α,β-unsaturated/α-hetero) is 1. The number of hydrogen-bond acceptors (Lipinski definition) is 7. The molecule has 3 rings (SSSR count). The molecular weight excluding hydrogens is 495 g/mol. The maximum atomic E-state index is 13.2. The third-order valence-corrected chi connectivity index (χ3v) is 5.53. The van der Waals surface area contributed by atoms with E-state index in [9.17, 15) is 9.59 Å². The van der Waals surface area contributed by atoms with Crippen LogP contribution in [-0.2, 0) is 11.2 Å². The standard InChI is InChI=1S/C25H24Cl2N2O6/c1-32-22-9-8-17(21(30)12-18-19(26)13-28-14-20(18)27)24(25(22)33-2)35-15-23(31)29-10-11-34-16-6-4-3-5-7-16/h3-9,13-14H,10-12,15H2,1-2H3,(H,29,31). The van der Waals surface area contributed by atoms with Gasteiger partial charge in [-0.05, 0) is 24.3 Å². The summed E-state index contributed by atoms with van der Waals surface area (Å²) in [5.41, 5.74) is 0.622. The molecule has 2 aromatic carbocycles. The molecule has 0 unspecified atom stereocenters. The number of pyridine rings is 1. The van der Waals surface area contributed by atoms with Gasteiger partial charge in [-0.2, -0.15) is 0 Å². The van der Waals surface area contributed by atoms with Gasteiger partial charge in [0.25, 0.3) is 5.91 Å². The lowest BCUT2D eigenvalue weighted by atomic mass is 10.0. The van der Waals surface area contributed by atoms with E-state index in [1.165, 1.54) is 32.7 Å². The maximum absolute atomic E-state index is 13.2. The van der Waals surface area contributed by atoms with Gasteiger partial charge < -0.3 is 24.3 Å². The molecule has 0 aliphatic carbocycles. The smallest absolute Gasteiger partial charge is 0.258 e. The van der Waals surface area contributed by atoms with Gasteiger partial charge in [0.2, 0.25) is 5.75 Å². The monoisotopic (exact) mass is 518 g/mol. The van der Waals surface area contributed by atoms with E-state index in [1.54, 1.807) is 6.07 Å². The first kappa shape index (κ1) is 26.1. The van der Waals surface area contributed by atoms with Gasteiger partial charge >= 0.3 is 0 Å². The van der Waals surface area contributed by atoms with Crippen LogP contribution in [0.2, 0.25) is 10.0 Å². The molecule has 1 heterocycles. The second-order valence-corrected chi connectivity index (χ2v) is 7.97. The number of nitrogens with one attached hydrogen (secondary N) is 1. The molecule has 0 radical (unpaired) electrons. The Morgan fingerprint density at radius 3 is 2.29 bits per heavy atom. The van der Waals surface area contributed by atoms with Crippen molar-refractivity contribution in [1.29, 1.82) is 0 Å². The lowest BCUT2D eigenvalue weighted by Crippen LogP contribution is -2.32. The zero-order valence-corrected chi connectivity index (χ0v) is 20.7. The molecule has 1 amide bonds. The summed E-state index contributed by atoms with van der Waals surface area (Å²) in [7, 11) is 2.87. The van der Waals surface area contributed by atoms with Crippen LogP contribution in [0, 0.1) is 0 Å². The van der Waals surface area contributed by atoms with Crippen molar-refractivity contribution in [3.63, 3.8) is 0 Å². The molecule has 35 heavy (non-hydrogen) atoms. The number of halogens is 2. The minimum Gasteiger partial charge on any atom is -0.493 e. The Bertz CT molecular complexity index is 1150. The SMILES string of the molecule is COc1ccc(C(=O)Cc2c(Cl)cncc2Cl)c(OCC(=O)NCCOc2ccccc2)c1OC. The highest BCUT2D eigenvalue weighted by Crippen LogP contribution is 2.40. The molecule has 0 aliphatic heterocycles. The van der Waals surface area contributed by atoms with E-state index >= 15 is 0 Å². The van der Waals surface area contributed by atoms with E-state index in [0.29, 0.717) is 17.1 Å². The number of ether oxygens (including phenoxy) is 4. The quantitative estimate of drug-likeness (QED) is 0.280. The Kier molecular flexibility index (Phi) is 9.57. The van der Waals surface area contributed by atoms with E-state index in [4.69, 9.17) is 42.1 Å². The number of nitrogens with zero attached hydrogens (tertiary/aromatic N) is 1. The first-order chi connectivity index (χ1) is 16.9. The van der Waals surface area contributed by atoms with E-state index in [0.717, 1.165) is 0 Å². The molecule has 0 fully saturated rings. The van der Waals surface area contributed by atoms with E-state index < -0.39 is 5.91 Å². The highest BCUT2D eigenvalue weighted by molar-refractivity contribution is 6.36. The normalized spacial score (nSPS) is 10.4. The number of ketones is 1. The van der Waals surface area contributed by atoms with E-state index in [-0.39, 0.29) is 59.1 Å². The molecule has 1 aromatic heterocycles. The van der Waals surface area contributed by atoms with Gasteiger partial charge in [-0.3, -0.25) is 14.6 Å². The van der Waals surface area contributed by atoms with E-state index in [2.05, 4.69) is 10.3 Å². The summed E-state index contributed by atoms with van der Waals surface area (Å²) in [4.78, 5) is 29.4. The van der Waals surface area contributed by atoms with Gasteiger partial charge in [-0.25, -0.2) is 0 Å². The molecule has 0 aliphatic rings. The second kappa shape index (κ2) is 12.8. The topological polar surface area (TPSA) is 96.0 Å². The lowest BCUT2D eigenvalue weighted by molar-refractivity contribution is -0.123. The molecule has 10 heteroatoms. The maximum Gasteiger partial charge on any atom is 0.258 e. The van der Waals surface area contributed by atoms with Crippen LogP contribution in [0.15, 0.2) is 54.9 Å².